The zero-order valence-electron chi connectivity index (χ0n) is 14.5. The van der Waals surface area contributed by atoms with Gasteiger partial charge in [-0.2, -0.15) is 0 Å². The lowest BCUT2D eigenvalue weighted by Gasteiger charge is -2.22. The third-order valence-electron chi connectivity index (χ3n) is 3.93. The standard InChI is InChI=1S/C20H25NO2S/c1-15(2)20(22)19(14-17-8-6-5-7-9-17)21-24(4,23)18-12-10-16(3)11-13-18/h5-13,15,19H,4,14H2,1-3H3,(H,21,23)/t19-,24?/m0/s1. The molecule has 2 aromatic carbocycles. The summed E-state index contributed by atoms with van der Waals surface area (Å²) in [5, 5.41) is 0. The van der Waals surface area contributed by atoms with E-state index in [1.54, 1.807) is 12.1 Å². The van der Waals surface area contributed by atoms with Gasteiger partial charge in [-0.05, 0) is 36.9 Å². The fraction of sp³-hybridized carbons (Fsp3) is 0.300. The first-order valence-electron chi connectivity index (χ1n) is 8.08. The van der Waals surface area contributed by atoms with Crippen molar-refractivity contribution in [3.05, 3.63) is 65.7 Å². The zero-order chi connectivity index (χ0) is 17.7. The van der Waals surface area contributed by atoms with E-state index in [1.165, 1.54) is 0 Å². The molecule has 0 aliphatic carbocycles. The van der Waals surface area contributed by atoms with Crippen molar-refractivity contribution in [2.45, 2.75) is 38.1 Å². The molecular weight excluding hydrogens is 318 g/mol. The zero-order valence-corrected chi connectivity index (χ0v) is 15.3. The fourth-order valence-corrected chi connectivity index (χ4v) is 3.88. The van der Waals surface area contributed by atoms with Gasteiger partial charge in [-0.1, -0.05) is 61.9 Å². The third kappa shape index (κ3) is 4.79. The summed E-state index contributed by atoms with van der Waals surface area (Å²) >= 11 is 0. The predicted molar refractivity (Wildman–Crippen MR) is 102 cm³/mol. The highest BCUT2D eigenvalue weighted by atomic mass is 32.2. The maximum absolute atomic E-state index is 13.1. The molecule has 24 heavy (non-hydrogen) atoms. The molecule has 0 fully saturated rings. The molecule has 0 amide bonds. The number of rotatable bonds is 7. The van der Waals surface area contributed by atoms with Gasteiger partial charge in [0, 0.05) is 10.8 Å². The van der Waals surface area contributed by atoms with Crippen LogP contribution in [-0.2, 0) is 20.9 Å². The van der Waals surface area contributed by atoms with Gasteiger partial charge in [-0.15, -0.1) is 0 Å². The summed E-state index contributed by atoms with van der Waals surface area (Å²) in [5.74, 6) is 3.76. The molecule has 2 atom stereocenters. The highest BCUT2D eigenvalue weighted by Crippen LogP contribution is 2.14. The van der Waals surface area contributed by atoms with Crippen LogP contribution in [-0.4, -0.2) is 21.9 Å². The maximum Gasteiger partial charge on any atom is 0.153 e. The van der Waals surface area contributed by atoms with Crippen LogP contribution in [0.15, 0.2) is 59.5 Å². The molecule has 1 N–H and O–H groups in total. The van der Waals surface area contributed by atoms with Crippen LogP contribution in [0.4, 0.5) is 0 Å². The third-order valence-corrected chi connectivity index (χ3v) is 5.63. The van der Waals surface area contributed by atoms with Crippen LogP contribution in [0.3, 0.4) is 0 Å². The van der Waals surface area contributed by atoms with Gasteiger partial charge in [-0.3, -0.25) is 4.79 Å². The summed E-state index contributed by atoms with van der Waals surface area (Å²) in [6.45, 7) is 5.69. The second-order valence-electron chi connectivity index (χ2n) is 6.41. The van der Waals surface area contributed by atoms with Gasteiger partial charge in [0.25, 0.3) is 0 Å². The number of aryl methyl sites for hydroxylation is 1. The average Bonchev–Trinajstić information content (AvgIpc) is 2.54. The summed E-state index contributed by atoms with van der Waals surface area (Å²) < 4.78 is 16.1. The first-order valence-corrected chi connectivity index (χ1v) is 9.81. The van der Waals surface area contributed by atoms with Crippen LogP contribution < -0.4 is 4.72 Å². The molecule has 0 aliphatic heterocycles. The number of nitrogens with one attached hydrogen (secondary N) is 1. The van der Waals surface area contributed by atoms with Crippen molar-refractivity contribution in [1.82, 2.24) is 4.72 Å². The fourth-order valence-electron chi connectivity index (χ4n) is 2.51. The molecule has 0 aromatic heterocycles. The molecule has 2 aromatic rings. The lowest BCUT2D eigenvalue weighted by atomic mass is 9.97. The van der Waals surface area contributed by atoms with Crippen LogP contribution in [0.2, 0.25) is 0 Å². The topological polar surface area (TPSA) is 46.2 Å². The molecule has 0 aliphatic rings. The lowest BCUT2D eigenvalue weighted by Crippen LogP contribution is -2.44. The molecule has 0 saturated carbocycles. The van der Waals surface area contributed by atoms with E-state index >= 15 is 0 Å². The highest BCUT2D eigenvalue weighted by molar-refractivity contribution is 7.98. The van der Waals surface area contributed by atoms with Gasteiger partial charge < -0.3 is 0 Å². The summed E-state index contributed by atoms with van der Waals surface area (Å²) in [6, 6.07) is 16.6. The number of ketones is 1. The molecule has 0 saturated heterocycles. The van der Waals surface area contributed by atoms with E-state index in [9.17, 15) is 9.00 Å². The van der Waals surface area contributed by atoms with Gasteiger partial charge >= 0.3 is 0 Å². The normalized spacial score (nSPS) is 15.0. The van der Waals surface area contributed by atoms with E-state index in [0.29, 0.717) is 11.3 Å². The van der Waals surface area contributed by atoms with E-state index in [1.807, 2.05) is 63.2 Å². The molecule has 2 rings (SSSR count). The number of hydrogen-bond donors (Lipinski definition) is 1. The van der Waals surface area contributed by atoms with Gasteiger partial charge in [0.1, 0.15) is 0 Å². The first-order chi connectivity index (χ1) is 11.3. The predicted octanol–water partition coefficient (Wildman–Crippen LogP) is 3.41. The van der Waals surface area contributed by atoms with Crippen molar-refractivity contribution in [3.63, 3.8) is 0 Å². The quantitative estimate of drug-likeness (QED) is 0.783. The molecule has 0 spiro atoms. The van der Waals surface area contributed by atoms with Crippen LogP contribution in [0.25, 0.3) is 0 Å². The Labute approximate surface area is 145 Å². The Kier molecular flexibility index (Phi) is 5.97. The maximum atomic E-state index is 13.1. The minimum absolute atomic E-state index is 0.0438. The second-order valence-corrected chi connectivity index (χ2v) is 8.46. The Bertz CT molecular complexity index is 778. The highest BCUT2D eigenvalue weighted by Gasteiger charge is 2.24. The Morgan fingerprint density at radius 3 is 2.21 bits per heavy atom. The Morgan fingerprint density at radius 2 is 1.67 bits per heavy atom. The Balaban J connectivity index is 2.27. The van der Waals surface area contributed by atoms with Crippen LogP contribution in [0.5, 0.6) is 0 Å². The smallest absolute Gasteiger partial charge is 0.153 e. The Morgan fingerprint density at radius 1 is 1.08 bits per heavy atom. The van der Waals surface area contributed by atoms with E-state index in [-0.39, 0.29) is 11.7 Å². The Hall–Kier alpha value is -1.91. The lowest BCUT2D eigenvalue weighted by molar-refractivity contribution is -0.123. The van der Waals surface area contributed by atoms with Crippen molar-refractivity contribution < 1.29 is 9.00 Å². The van der Waals surface area contributed by atoms with Gasteiger partial charge in [0.15, 0.2) is 5.78 Å². The molecule has 0 heterocycles. The monoisotopic (exact) mass is 343 g/mol. The molecule has 1 unspecified atom stereocenters. The van der Waals surface area contributed by atoms with Crippen molar-refractivity contribution in [1.29, 1.82) is 0 Å². The SMILES string of the molecule is C=S(=O)(N[C@@H](Cc1ccccc1)C(=O)C(C)C)c1ccc(C)cc1. The first kappa shape index (κ1) is 18.4. The summed E-state index contributed by atoms with van der Waals surface area (Å²) in [7, 11) is -2.75. The van der Waals surface area contributed by atoms with E-state index < -0.39 is 15.7 Å². The van der Waals surface area contributed by atoms with Crippen molar-refractivity contribution >= 4 is 21.4 Å². The van der Waals surface area contributed by atoms with E-state index in [4.69, 9.17) is 0 Å². The average molecular weight is 343 g/mol. The summed E-state index contributed by atoms with van der Waals surface area (Å²) in [4.78, 5) is 13.2. The van der Waals surface area contributed by atoms with E-state index in [2.05, 4.69) is 10.6 Å². The summed E-state index contributed by atoms with van der Waals surface area (Å²) in [6.07, 6.45) is 0.496. The minimum Gasteiger partial charge on any atom is -0.298 e. The molecule has 128 valence electrons. The minimum atomic E-state index is -2.75. The molecular formula is C20H25NO2S. The molecule has 0 bridgehead atoms. The van der Waals surface area contributed by atoms with Crippen LogP contribution in [0.1, 0.15) is 25.0 Å². The number of Topliss-reactive ketones (excluding diaryl/α,β-unsaturated/α-hetero) is 1. The van der Waals surface area contributed by atoms with E-state index in [0.717, 1.165) is 11.1 Å². The van der Waals surface area contributed by atoms with Gasteiger partial charge in [0.05, 0.1) is 15.7 Å². The number of carbonyl (C=O) groups is 1. The van der Waals surface area contributed by atoms with Crippen LogP contribution >= 0.6 is 0 Å². The number of carbonyl (C=O) groups excluding carboxylic acids is 1. The molecule has 0 radical (unpaired) electrons. The van der Waals surface area contributed by atoms with Gasteiger partial charge in [-0.25, -0.2) is 8.93 Å². The largest absolute Gasteiger partial charge is 0.298 e. The van der Waals surface area contributed by atoms with Crippen LogP contribution in [0, 0.1) is 12.8 Å². The van der Waals surface area contributed by atoms with Crippen molar-refractivity contribution in [2.75, 3.05) is 0 Å². The number of hydrogen-bond acceptors (Lipinski definition) is 2. The van der Waals surface area contributed by atoms with Gasteiger partial charge in [0.2, 0.25) is 0 Å². The van der Waals surface area contributed by atoms with Crippen molar-refractivity contribution in [2.24, 2.45) is 5.92 Å². The van der Waals surface area contributed by atoms with Crippen molar-refractivity contribution in [3.8, 4) is 0 Å². The molecule has 4 heteroatoms. The summed E-state index contributed by atoms with van der Waals surface area (Å²) in [5.41, 5.74) is 2.12. The second kappa shape index (κ2) is 7.77. The molecule has 3 nitrogen and oxygen atoms in total. The number of benzene rings is 2.